The SMILES string of the molecule is Cc1cccc(-c2c(-c3cn[nH]c3)ccnc2C)c1. The molecular weight excluding hydrogens is 234 g/mol. The normalized spacial score (nSPS) is 10.6. The summed E-state index contributed by atoms with van der Waals surface area (Å²) in [6.45, 7) is 4.15. The highest BCUT2D eigenvalue weighted by Crippen LogP contribution is 2.33. The monoisotopic (exact) mass is 249 g/mol. The minimum Gasteiger partial charge on any atom is -0.285 e. The first-order chi connectivity index (χ1) is 9.25. The Hall–Kier alpha value is -2.42. The second-order valence-electron chi connectivity index (χ2n) is 4.68. The molecule has 19 heavy (non-hydrogen) atoms. The molecule has 0 radical (unpaired) electrons. The van der Waals surface area contributed by atoms with E-state index in [2.05, 4.69) is 46.4 Å². The van der Waals surface area contributed by atoms with E-state index < -0.39 is 0 Å². The molecule has 0 spiro atoms. The van der Waals surface area contributed by atoms with Gasteiger partial charge < -0.3 is 0 Å². The van der Waals surface area contributed by atoms with Crippen molar-refractivity contribution in [3.8, 4) is 22.3 Å². The molecule has 2 aromatic heterocycles. The first-order valence-corrected chi connectivity index (χ1v) is 6.27. The molecule has 0 fully saturated rings. The van der Waals surface area contributed by atoms with E-state index in [9.17, 15) is 0 Å². The van der Waals surface area contributed by atoms with Crippen LogP contribution in [0.2, 0.25) is 0 Å². The van der Waals surface area contributed by atoms with Crippen LogP contribution in [0.5, 0.6) is 0 Å². The van der Waals surface area contributed by atoms with Crippen LogP contribution in [0.15, 0.2) is 48.9 Å². The van der Waals surface area contributed by atoms with E-state index in [4.69, 9.17) is 0 Å². The number of aromatic amines is 1. The molecule has 1 aromatic carbocycles. The van der Waals surface area contributed by atoms with Gasteiger partial charge in [0.15, 0.2) is 0 Å². The topological polar surface area (TPSA) is 41.6 Å². The Morgan fingerprint density at radius 3 is 2.68 bits per heavy atom. The molecule has 94 valence electrons. The Labute approximate surface area is 112 Å². The van der Waals surface area contributed by atoms with E-state index in [-0.39, 0.29) is 0 Å². The van der Waals surface area contributed by atoms with Crippen molar-refractivity contribution in [3.63, 3.8) is 0 Å². The zero-order valence-corrected chi connectivity index (χ0v) is 11.0. The number of hydrogen-bond donors (Lipinski definition) is 1. The van der Waals surface area contributed by atoms with Gasteiger partial charge in [-0.25, -0.2) is 0 Å². The van der Waals surface area contributed by atoms with Gasteiger partial charge in [-0.2, -0.15) is 5.10 Å². The van der Waals surface area contributed by atoms with E-state index in [1.807, 2.05) is 31.6 Å². The summed E-state index contributed by atoms with van der Waals surface area (Å²) in [6.07, 6.45) is 5.60. The van der Waals surface area contributed by atoms with Crippen molar-refractivity contribution >= 4 is 0 Å². The summed E-state index contributed by atoms with van der Waals surface area (Å²) in [4.78, 5) is 4.43. The zero-order chi connectivity index (χ0) is 13.2. The molecule has 0 atom stereocenters. The molecule has 3 rings (SSSR count). The van der Waals surface area contributed by atoms with Crippen LogP contribution >= 0.6 is 0 Å². The summed E-state index contributed by atoms with van der Waals surface area (Å²) in [5, 5.41) is 6.90. The maximum Gasteiger partial charge on any atom is 0.0566 e. The van der Waals surface area contributed by atoms with Crippen LogP contribution in [0.25, 0.3) is 22.3 Å². The Morgan fingerprint density at radius 2 is 1.95 bits per heavy atom. The average Bonchev–Trinajstić information content (AvgIpc) is 2.92. The number of hydrogen-bond acceptors (Lipinski definition) is 2. The fourth-order valence-electron chi connectivity index (χ4n) is 2.37. The third-order valence-electron chi connectivity index (χ3n) is 3.26. The maximum atomic E-state index is 4.43. The molecule has 0 saturated heterocycles. The summed E-state index contributed by atoms with van der Waals surface area (Å²) in [7, 11) is 0. The van der Waals surface area contributed by atoms with Gasteiger partial charge in [-0.3, -0.25) is 10.1 Å². The molecule has 0 bridgehead atoms. The number of H-pyrrole nitrogens is 1. The van der Waals surface area contributed by atoms with E-state index in [0.717, 1.165) is 16.8 Å². The molecule has 3 aromatic rings. The lowest BCUT2D eigenvalue weighted by Gasteiger charge is -2.11. The van der Waals surface area contributed by atoms with Gasteiger partial charge in [-0.15, -0.1) is 0 Å². The predicted molar refractivity (Wildman–Crippen MR) is 76.7 cm³/mol. The van der Waals surface area contributed by atoms with Crippen molar-refractivity contribution in [1.82, 2.24) is 15.2 Å². The van der Waals surface area contributed by atoms with Gasteiger partial charge in [0.05, 0.1) is 6.20 Å². The highest BCUT2D eigenvalue weighted by atomic mass is 15.1. The van der Waals surface area contributed by atoms with E-state index >= 15 is 0 Å². The highest BCUT2D eigenvalue weighted by molar-refractivity contribution is 5.84. The molecule has 2 heterocycles. The van der Waals surface area contributed by atoms with Gasteiger partial charge in [-0.1, -0.05) is 29.8 Å². The maximum absolute atomic E-state index is 4.43. The molecule has 3 heteroatoms. The molecule has 3 nitrogen and oxygen atoms in total. The summed E-state index contributed by atoms with van der Waals surface area (Å²) in [5.74, 6) is 0. The third kappa shape index (κ3) is 2.15. The van der Waals surface area contributed by atoms with Crippen LogP contribution in [0, 0.1) is 13.8 Å². The summed E-state index contributed by atoms with van der Waals surface area (Å²) in [6, 6.07) is 10.5. The summed E-state index contributed by atoms with van der Waals surface area (Å²) < 4.78 is 0. The molecule has 0 aliphatic heterocycles. The summed E-state index contributed by atoms with van der Waals surface area (Å²) in [5.41, 5.74) is 6.89. The lowest BCUT2D eigenvalue weighted by atomic mass is 9.95. The largest absolute Gasteiger partial charge is 0.285 e. The minimum atomic E-state index is 1.03. The average molecular weight is 249 g/mol. The predicted octanol–water partition coefficient (Wildman–Crippen LogP) is 3.76. The van der Waals surface area contributed by atoms with Crippen molar-refractivity contribution < 1.29 is 0 Å². The van der Waals surface area contributed by atoms with Crippen LogP contribution < -0.4 is 0 Å². The summed E-state index contributed by atoms with van der Waals surface area (Å²) >= 11 is 0. The molecule has 0 aliphatic rings. The van der Waals surface area contributed by atoms with Gasteiger partial charge in [0, 0.05) is 29.2 Å². The van der Waals surface area contributed by atoms with Gasteiger partial charge >= 0.3 is 0 Å². The number of aromatic nitrogens is 3. The van der Waals surface area contributed by atoms with Gasteiger partial charge in [-0.05, 0) is 31.0 Å². The Balaban J connectivity index is 2.26. The molecular formula is C16H15N3. The van der Waals surface area contributed by atoms with Crippen LogP contribution in [0.4, 0.5) is 0 Å². The van der Waals surface area contributed by atoms with Crippen LogP contribution in [-0.4, -0.2) is 15.2 Å². The Kier molecular flexibility index (Phi) is 2.88. The Morgan fingerprint density at radius 1 is 1.05 bits per heavy atom. The lowest BCUT2D eigenvalue weighted by molar-refractivity contribution is 1.09. The number of pyridine rings is 1. The number of rotatable bonds is 2. The number of nitrogens with one attached hydrogen (secondary N) is 1. The third-order valence-corrected chi connectivity index (χ3v) is 3.26. The smallest absolute Gasteiger partial charge is 0.0566 e. The van der Waals surface area contributed by atoms with Gasteiger partial charge in [0.2, 0.25) is 0 Å². The number of aryl methyl sites for hydroxylation is 2. The molecule has 0 amide bonds. The number of benzene rings is 1. The number of nitrogens with zero attached hydrogens (tertiary/aromatic N) is 2. The van der Waals surface area contributed by atoms with Crippen molar-refractivity contribution in [2.24, 2.45) is 0 Å². The van der Waals surface area contributed by atoms with Crippen molar-refractivity contribution in [2.45, 2.75) is 13.8 Å². The minimum absolute atomic E-state index is 1.03. The molecule has 1 N–H and O–H groups in total. The second kappa shape index (κ2) is 4.69. The molecule has 0 aliphatic carbocycles. The van der Waals surface area contributed by atoms with E-state index in [1.165, 1.54) is 16.7 Å². The van der Waals surface area contributed by atoms with Gasteiger partial charge in [0.1, 0.15) is 0 Å². The quantitative estimate of drug-likeness (QED) is 0.751. The van der Waals surface area contributed by atoms with E-state index in [0.29, 0.717) is 0 Å². The lowest BCUT2D eigenvalue weighted by Crippen LogP contribution is -1.91. The fraction of sp³-hybridized carbons (Fsp3) is 0.125. The Bertz CT molecular complexity index is 700. The second-order valence-corrected chi connectivity index (χ2v) is 4.68. The first-order valence-electron chi connectivity index (χ1n) is 6.27. The molecule has 0 unspecified atom stereocenters. The highest BCUT2D eigenvalue weighted by Gasteiger charge is 2.11. The van der Waals surface area contributed by atoms with E-state index in [1.54, 1.807) is 0 Å². The van der Waals surface area contributed by atoms with Crippen LogP contribution in [0.3, 0.4) is 0 Å². The first kappa shape index (κ1) is 11.7. The fourth-order valence-corrected chi connectivity index (χ4v) is 2.37. The van der Waals surface area contributed by atoms with Crippen molar-refractivity contribution in [3.05, 3.63) is 60.2 Å². The zero-order valence-electron chi connectivity index (χ0n) is 11.0. The van der Waals surface area contributed by atoms with Crippen LogP contribution in [-0.2, 0) is 0 Å². The standard InChI is InChI=1S/C16H15N3/c1-11-4-3-5-13(8-11)16-12(2)17-7-6-15(16)14-9-18-19-10-14/h3-10H,1-2H3,(H,18,19). The van der Waals surface area contributed by atoms with Crippen LogP contribution in [0.1, 0.15) is 11.3 Å². The van der Waals surface area contributed by atoms with Crippen molar-refractivity contribution in [2.75, 3.05) is 0 Å². The van der Waals surface area contributed by atoms with Crippen molar-refractivity contribution in [1.29, 1.82) is 0 Å². The molecule has 0 saturated carbocycles. The van der Waals surface area contributed by atoms with Gasteiger partial charge in [0.25, 0.3) is 0 Å².